The van der Waals surface area contributed by atoms with E-state index in [-0.39, 0.29) is 5.41 Å². The van der Waals surface area contributed by atoms with Gasteiger partial charge in [-0.05, 0) is 106 Å². The Morgan fingerprint density at radius 3 is 2.13 bits per heavy atom. The quantitative estimate of drug-likeness (QED) is 0.195. The van der Waals surface area contributed by atoms with Crippen LogP contribution in [-0.4, -0.2) is 0 Å². The standard InChI is InChI=1S/C44H41N/c1-30-13-12-20-39-42(30)38-27-26-36(29-40(38)44(39,2)3)45(35-24-21-32(22-25-35)31-14-6-4-7-15-31)41-28-23-33-16-10-11-19-37(33)43(41)34-17-8-5-9-18-34/h5,8-13,16-29,31H,4,6-7,14-15H2,1-3H3. The van der Waals surface area contributed by atoms with Crippen LogP contribution in [-0.2, 0) is 5.41 Å². The maximum atomic E-state index is 2.51. The molecule has 45 heavy (non-hydrogen) atoms. The van der Waals surface area contributed by atoms with Gasteiger partial charge in [-0.1, -0.05) is 130 Å². The van der Waals surface area contributed by atoms with Gasteiger partial charge in [0, 0.05) is 22.4 Å². The predicted molar refractivity (Wildman–Crippen MR) is 192 cm³/mol. The molecule has 1 heteroatoms. The van der Waals surface area contributed by atoms with Crippen LogP contribution in [0.4, 0.5) is 17.1 Å². The molecule has 0 amide bonds. The summed E-state index contributed by atoms with van der Waals surface area (Å²) in [5.41, 5.74) is 14.5. The van der Waals surface area contributed by atoms with Gasteiger partial charge < -0.3 is 4.90 Å². The normalized spacial score (nSPS) is 15.5. The summed E-state index contributed by atoms with van der Waals surface area (Å²) < 4.78 is 0. The Morgan fingerprint density at radius 1 is 0.600 bits per heavy atom. The van der Waals surface area contributed by atoms with Crippen LogP contribution < -0.4 is 4.90 Å². The van der Waals surface area contributed by atoms with E-state index in [1.165, 1.54) is 104 Å². The van der Waals surface area contributed by atoms with Crippen molar-refractivity contribution in [1.29, 1.82) is 0 Å². The van der Waals surface area contributed by atoms with E-state index in [4.69, 9.17) is 0 Å². The van der Waals surface area contributed by atoms with Gasteiger partial charge in [-0.25, -0.2) is 0 Å². The molecule has 1 nitrogen and oxygen atoms in total. The Balaban J connectivity index is 1.35. The maximum Gasteiger partial charge on any atom is 0.0546 e. The molecule has 1 fully saturated rings. The largest absolute Gasteiger partial charge is 0.310 e. The first-order valence-electron chi connectivity index (χ1n) is 16.7. The number of aryl methyl sites for hydroxylation is 1. The van der Waals surface area contributed by atoms with Crippen molar-refractivity contribution in [2.24, 2.45) is 0 Å². The van der Waals surface area contributed by atoms with Crippen molar-refractivity contribution in [3.8, 4) is 22.3 Å². The van der Waals surface area contributed by atoms with Crippen LogP contribution >= 0.6 is 0 Å². The summed E-state index contributed by atoms with van der Waals surface area (Å²) in [6.07, 6.45) is 6.70. The number of nitrogens with zero attached hydrogens (tertiary/aromatic N) is 1. The molecule has 6 aromatic rings. The third-order valence-electron chi connectivity index (χ3n) is 10.6. The van der Waals surface area contributed by atoms with Gasteiger partial charge in [0.05, 0.1) is 5.69 Å². The third kappa shape index (κ3) is 4.68. The first-order valence-corrected chi connectivity index (χ1v) is 16.7. The zero-order valence-electron chi connectivity index (χ0n) is 26.7. The lowest BCUT2D eigenvalue weighted by molar-refractivity contribution is 0.443. The Hall–Kier alpha value is -4.62. The van der Waals surface area contributed by atoms with E-state index >= 15 is 0 Å². The van der Waals surface area contributed by atoms with Crippen molar-refractivity contribution < 1.29 is 0 Å². The van der Waals surface area contributed by atoms with Gasteiger partial charge in [-0.15, -0.1) is 0 Å². The third-order valence-corrected chi connectivity index (χ3v) is 10.6. The molecule has 2 aliphatic carbocycles. The van der Waals surface area contributed by atoms with Crippen molar-refractivity contribution in [2.45, 2.75) is 64.2 Å². The van der Waals surface area contributed by atoms with Crippen molar-refractivity contribution >= 4 is 27.8 Å². The molecule has 0 saturated heterocycles. The molecule has 0 aromatic heterocycles. The van der Waals surface area contributed by atoms with Crippen LogP contribution in [0.25, 0.3) is 33.0 Å². The first kappa shape index (κ1) is 27.9. The zero-order valence-corrected chi connectivity index (χ0v) is 26.7. The van der Waals surface area contributed by atoms with Crippen LogP contribution in [0, 0.1) is 6.92 Å². The Labute approximate surface area is 268 Å². The van der Waals surface area contributed by atoms with E-state index in [0.717, 1.165) is 0 Å². The highest BCUT2D eigenvalue weighted by Crippen LogP contribution is 2.52. The fourth-order valence-electron chi connectivity index (χ4n) is 8.21. The van der Waals surface area contributed by atoms with Gasteiger partial charge in [-0.3, -0.25) is 0 Å². The van der Waals surface area contributed by atoms with Crippen LogP contribution in [0.2, 0.25) is 0 Å². The fourth-order valence-corrected chi connectivity index (χ4v) is 8.21. The van der Waals surface area contributed by atoms with E-state index in [9.17, 15) is 0 Å². The van der Waals surface area contributed by atoms with Gasteiger partial charge in [0.2, 0.25) is 0 Å². The molecule has 0 atom stereocenters. The molecule has 0 bridgehead atoms. The summed E-state index contributed by atoms with van der Waals surface area (Å²) in [6.45, 7) is 7.02. The molecule has 8 rings (SSSR count). The molecular weight excluding hydrogens is 542 g/mol. The van der Waals surface area contributed by atoms with Crippen molar-refractivity contribution in [3.63, 3.8) is 0 Å². The summed E-state index contributed by atoms with van der Waals surface area (Å²) in [5, 5.41) is 2.53. The highest BCUT2D eigenvalue weighted by Gasteiger charge is 2.37. The second-order valence-electron chi connectivity index (χ2n) is 13.7. The van der Waals surface area contributed by atoms with Gasteiger partial charge in [0.1, 0.15) is 0 Å². The molecule has 0 unspecified atom stereocenters. The molecule has 0 N–H and O–H groups in total. The van der Waals surface area contributed by atoms with Gasteiger partial charge in [0.25, 0.3) is 0 Å². The van der Waals surface area contributed by atoms with E-state index in [2.05, 4.69) is 153 Å². The van der Waals surface area contributed by atoms with E-state index < -0.39 is 0 Å². The number of fused-ring (bicyclic) bond motifs is 4. The fraction of sp³-hybridized carbons (Fsp3) is 0.227. The summed E-state index contributed by atoms with van der Waals surface area (Å²) in [7, 11) is 0. The maximum absolute atomic E-state index is 2.51. The first-order chi connectivity index (χ1) is 22.0. The smallest absolute Gasteiger partial charge is 0.0546 e. The monoisotopic (exact) mass is 583 g/mol. The van der Waals surface area contributed by atoms with Gasteiger partial charge in [-0.2, -0.15) is 0 Å². The van der Waals surface area contributed by atoms with Gasteiger partial charge >= 0.3 is 0 Å². The minimum Gasteiger partial charge on any atom is -0.310 e. The highest BCUT2D eigenvalue weighted by molar-refractivity contribution is 6.05. The molecule has 6 aromatic carbocycles. The molecule has 222 valence electrons. The Bertz CT molecular complexity index is 2010. The summed E-state index contributed by atoms with van der Waals surface area (Å²) in [5.74, 6) is 0.685. The molecule has 0 heterocycles. The minimum absolute atomic E-state index is 0.0746. The predicted octanol–water partition coefficient (Wildman–Crippen LogP) is 12.6. The Morgan fingerprint density at radius 2 is 1.33 bits per heavy atom. The van der Waals surface area contributed by atoms with Gasteiger partial charge in [0.15, 0.2) is 0 Å². The molecule has 0 radical (unpaired) electrons. The van der Waals surface area contributed by atoms with Crippen LogP contribution in [0.3, 0.4) is 0 Å². The topological polar surface area (TPSA) is 3.24 Å². The number of hydrogen-bond acceptors (Lipinski definition) is 1. The highest BCUT2D eigenvalue weighted by atomic mass is 15.1. The van der Waals surface area contributed by atoms with Crippen LogP contribution in [0.15, 0.2) is 127 Å². The molecule has 2 aliphatic rings. The van der Waals surface area contributed by atoms with E-state index in [0.29, 0.717) is 5.92 Å². The molecule has 1 saturated carbocycles. The summed E-state index contributed by atoms with van der Waals surface area (Å²) in [4.78, 5) is 2.51. The number of rotatable bonds is 5. The number of benzene rings is 6. The average Bonchev–Trinajstić information content (AvgIpc) is 3.32. The van der Waals surface area contributed by atoms with Crippen molar-refractivity contribution in [3.05, 3.63) is 150 Å². The summed E-state index contributed by atoms with van der Waals surface area (Å²) in [6, 6.07) is 47.8. The van der Waals surface area contributed by atoms with Crippen LogP contribution in [0.1, 0.15) is 74.1 Å². The SMILES string of the molecule is Cc1cccc2c1-c1ccc(N(c3ccc(C4CCCCC4)cc3)c3ccc4ccccc4c3-c3ccccc3)cc1C2(C)C. The van der Waals surface area contributed by atoms with Crippen molar-refractivity contribution in [2.75, 3.05) is 4.90 Å². The molecular formula is C44H41N. The second kappa shape index (κ2) is 11.1. The zero-order chi connectivity index (χ0) is 30.5. The molecule has 0 spiro atoms. The number of hydrogen-bond donors (Lipinski definition) is 0. The average molecular weight is 584 g/mol. The lowest BCUT2D eigenvalue weighted by atomic mass is 9.82. The van der Waals surface area contributed by atoms with E-state index in [1.54, 1.807) is 0 Å². The Kier molecular flexibility index (Phi) is 6.86. The number of anilines is 3. The second-order valence-corrected chi connectivity index (χ2v) is 13.7. The van der Waals surface area contributed by atoms with Crippen molar-refractivity contribution in [1.82, 2.24) is 0 Å². The summed E-state index contributed by atoms with van der Waals surface area (Å²) >= 11 is 0. The molecule has 0 aliphatic heterocycles. The van der Waals surface area contributed by atoms with E-state index in [1.807, 2.05) is 0 Å². The van der Waals surface area contributed by atoms with Crippen LogP contribution in [0.5, 0.6) is 0 Å². The lowest BCUT2D eigenvalue weighted by Crippen LogP contribution is -2.17. The minimum atomic E-state index is -0.0746. The lowest BCUT2D eigenvalue weighted by Gasteiger charge is -2.31.